The summed E-state index contributed by atoms with van der Waals surface area (Å²) in [6, 6.07) is 5.02. The second kappa shape index (κ2) is 12.4. The SMILES string of the molecule is C=CC(C/C=C(\C)C=O)OCCc1nc(-c2ccc(C(F)(F)F)cc2)sc1C.CO. The van der Waals surface area contributed by atoms with E-state index in [9.17, 15) is 18.0 Å². The molecule has 30 heavy (non-hydrogen) atoms. The van der Waals surface area contributed by atoms with Crippen LogP contribution in [0.5, 0.6) is 0 Å². The third kappa shape index (κ3) is 7.85. The van der Waals surface area contributed by atoms with E-state index in [2.05, 4.69) is 11.6 Å². The van der Waals surface area contributed by atoms with Gasteiger partial charge in [-0.15, -0.1) is 17.9 Å². The van der Waals surface area contributed by atoms with Gasteiger partial charge in [-0.25, -0.2) is 4.98 Å². The molecule has 0 aliphatic rings. The zero-order valence-electron chi connectivity index (χ0n) is 17.2. The van der Waals surface area contributed by atoms with Gasteiger partial charge < -0.3 is 9.84 Å². The fourth-order valence-electron chi connectivity index (χ4n) is 2.47. The van der Waals surface area contributed by atoms with Gasteiger partial charge in [0.05, 0.1) is 24.0 Å². The minimum absolute atomic E-state index is 0.191. The lowest BCUT2D eigenvalue weighted by Crippen LogP contribution is -2.11. The quantitative estimate of drug-likeness (QED) is 0.322. The van der Waals surface area contributed by atoms with Crippen LogP contribution in [0.15, 0.2) is 48.6 Å². The van der Waals surface area contributed by atoms with E-state index in [4.69, 9.17) is 9.84 Å². The van der Waals surface area contributed by atoms with E-state index in [0.29, 0.717) is 35.6 Å². The van der Waals surface area contributed by atoms with Gasteiger partial charge >= 0.3 is 6.18 Å². The van der Waals surface area contributed by atoms with E-state index < -0.39 is 11.7 Å². The third-order valence-electron chi connectivity index (χ3n) is 4.14. The van der Waals surface area contributed by atoms with Crippen molar-refractivity contribution in [2.24, 2.45) is 0 Å². The Morgan fingerprint density at radius 1 is 1.30 bits per heavy atom. The third-order valence-corrected chi connectivity index (χ3v) is 5.21. The van der Waals surface area contributed by atoms with E-state index >= 15 is 0 Å². The Labute approximate surface area is 178 Å². The molecule has 2 rings (SSSR count). The highest BCUT2D eigenvalue weighted by Crippen LogP contribution is 2.33. The molecule has 1 heterocycles. The summed E-state index contributed by atoms with van der Waals surface area (Å²) in [5.41, 5.74) is 1.49. The van der Waals surface area contributed by atoms with Gasteiger partial charge in [-0.1, -0.05) is 24.3 Å². The number of carbonyl (C=O) groups is 1. The fraction of sp³-hybridized carbons (Fsp3) is 0.364. The molecule has 1 atom stereocenters. The molecule has 0 amide bonds. The van der Waals surface area contributed by atoms with Crippen molar-refractivity contribution in [1.29, 1.82) is 0 Å². The van der Waals surface area contributed by atoms with Crippen molar-refractivity contribution >= 4 is 17.6 Å². The van der Waals surface area contributed by atoms with Crippen molar-refractivity contribution in [3.05, 3.63) is 64.7 Å². The highest BCUT2D eigenvalue weighted by atomic mass is 32.1. The number of benzene rings is 1. The van der Waals surface area contributed by atoms with Gasteiger partial charge in [0.2, 0.25) is 0 Å². The number of aryl methyl sites for hydroxylation is 1. The van der Waals surface area contributed by atoms with Crippen LogP contribution in [0.25, 0.3) is 10.6 Å². The summed E-state index contributed by atoms with van der Waals surface area (Å²) < 4.78 is 43.8. The molecule has 0 aliphatic heterocycles. The smallest absolute Gasteiger partial charge is 0.400 e. The zero-order valence-corrected chi connectivity index (χ0v) is 18.0. The van der Waals surface area contributed by atoms with Crippen LogP contribution in [-0.2, 0) is 22.1 Å². The maximum absolute atomic E-state index is 12.7. The number of hydrogen-bond acceptors (Lipinski definition) is 5. The maximum Gasteiger partial charge on any atom is 0.416 e. The van der Waals surface area contributed by atoms with Gasteiger partial charge in [0, 0.05) is 24.0 Å². The van der Waals surface area contributed by atoms with Crippen LogP contribution >= 0.6 is 11.3 Å². The van der Waals surface area contributed by atoms with Gasteiger partial charge in [-0.3, -0.25) is 4.79 Å². The van der Waals surface area contributed by atoms with E-state index in [-0.39, 0.29) is 6.10 Å². The Bertz CT molecular complexity index is 842. The number of halogens is 3. The number of rotatable bonds is 9. The van der Waals surface area contributed by atoms with Crippen molar-refractivity contribution < 1.29 is 27.8 Å². The first-order chi connectivity index (χ1) is 14.2. The number of carbonyl (C=O) groups excluding carboxylic acids is 1. The summed E-state index contributed by atoms with van der Waals surface area (Å²) in [4.78, 5) is 16.2. The Balaban J connectivity index is 0.00000218. The Hall–Kier alpha value is -2.29. The summed E-state index contributed by atoms with van der Waals surface area (Å²) in [6.07, 6.45) is 0.905. The molecule has 1 aromatic carbocycles. The number of aromatic nitrogens is 1. The van der Waals surface area contributed by atoms with Crippen LogP contribution in [-0.4, -0.2) is 36.2 Å². The van der Waals surface area contributed by atoms with Crippen LogP contribution in [0.3, 0.4) is 0 Å². The van der Waals surface area contributed by atoms with Crippen LogP contribution in [0, 0.1) is 6.92 Å². The fourth-order valence-corrected chi connectivity index (χ4v) is 3.44. The molecule has 8 heteroatoms. The summed E-state index contributed by atoms with van der Waals surface area (Å²) >= 11 is 1.45. The van der Waals surface area contributed by atoms with Crippen LogP contribution in [0.4, 0.5) is 13.2 Å². The van der Waals surface area contributed by atoms with Crippen molar-refractivity contribution in [3.8, 4) is 10.6 Å². The van der Waals surface area contributed by atoms with E-state index in [1.165, 1.54) is 23.5 Å². The zero-order chi connectivity index (χ0) is 22.7. The average molecular weight is 442 g/mol. The molecule has 0 saturated carbocycles. The summed E-state index contributed by atoms with van der Waals surface area (Å²) in [5.74, 6) is 0. The minimum atomic E-state index is -4.35. The standard InChI is InChI=1S/C21H22F3NO2S.CH4O/c1-4-18(10-5-14(2)13-26)27-12-11-19-15(3)28-20(25-19)16-6-8-17(9-7-16)21(22,23)24;1-2/h4-9,13,18H,1,10-12H2,2-3H3;2H,1H3/b14-5+;. The summed E-state index contributed by atoms with van der Waals surface area (Å²) in [6.45, 7) is 7.84. The number of hydrogen-bond donors (Lipinski definition) is 1. The maximum atomic E-state index is 12.7. The minimum Gasteiger partial charge on any atom is -0.400 e. The number of alkyl halides is 3. The van der Waals surface area contributed by atoms with Crippen molar-refractivity contribution in [1.82, 2.24) is 4.98 Å². The Kier molecular flexibility index (Phi) is 10.7. The Morgan fingerprint density at radius 3 is 2.47 bits per heavy atom. The van der Waals surface area contributed by atoms with Gasteiger partial charge in [0.25, 0.3) is 0 Å². The van der Waals surface area contributed by atoms with Crippen LogP contribution < -0.4 is 0 Å². The predicted octanol–water partition coefficient (Wildman–Crippen LogP) is 5.39. The lowest BCUT2D eigenvalue weighted by molar-refractivity contribution is -0.137. The molecule has 0 fully saturated rings. The van der Waals surface area contributed by atoms with Gasteiger partial charge in [-0.2, -0.15) is 13.2 Å². The number of nitrogens with zero attached hydrogens (tertiary/aromatic N) is 1. The molecule has 1 N–H and O–H groups in total. The number of thiazole rings is 1. The highest BCUT2D eigenvalue weighted by Gasteiger charge is 2.30. The molecule has 0 saturated heterocycles. The molecule has 164 valence electrons. The molecule has 0 radical (unpaired) electrons. The summed E-state index contributed by atoms with van der Waals surface area (Å²) in [5, 5.41) is 7.69. The van der Waals surface area contributed by atoms with Crippen molar-refractivity contribution in [2.75, 3.05) is 13.7 Å². The topological polar surface area (TPSA) is 59.4 Å². The number of allylic oxidation sites excluding steroid dienone is 1. The second-order valence-electron chi connectivity index (χ2n) is 6.29. The first-order valence-corrected chi connectivity index (χ1v) is 10.0. The van der Waals surface area contributed by atoms with Crippen LogP contribution in [0.1, 0.15) is 29.5 Å². The second-order valence-corrected chi connectivity index (χ2v) is 7.50. The number of ether oxygens (including phenoxy) is 1. The lowest BCUT2D eigenvalue weighted by atomic mass is 10.1. The number of aliphatic hydroxyl groups is 1. The largest absolute Gasteiger partial charge is 0.416 e. The van der Waals surface area contributed by atoms with Gasteiger partial charge in [0.1, 0.15) is 11.3 Å². The number of aldehydes is 1. The molecule has 4 nitrogen and oxygen atoms in total. The predicted molar refractivity (Wildman–Crippen MR) is 114 cm³/mol. The molecule has 0 bridgehead atoms. The first-order valence-electron chi connectivity index (χ1n) is 9.19. The Morgan fingerprint density at radius 2 is 1.93 bits per heavy atom. The number of aliphatic hydroxyl groups excluding tert-OH is 1. The van der Waals surface area contributed by atoms with Gasteiger partial charge in [0.15, 0.2) is 0 Å². The molecule has 0 spiro atoms. The molecule has 0 aliphatic carbocycles. The molecule has 2 aromatic rings. The van der Waals surface area contributed by atoms with Crippen molar-refractivity contribution in [3.63, 3.8) is 0 Å². The normalized spacial score (nSPS) is 12.7. The summed E-state index contributed by atoms with van der Waals surface area (Å²) in [7, 11) is 1.00. The van der Waals surface area contributed by atoms with E-state index in [1.807, 2.05) is 6.92 Å². The van der Waals surface area contributed by atoms with Crippen molar-refractivity contribution in [2.45, 2.75) is 39.0 Å². The first kappa shape index (κ1) is 25.7. The van der Waals surface area contributed by atoms with Gasteiger partial charge in [-0.05, 0) is 38.0 Å². The monoisotopic (exact) mass is 441 g/mol. The van der Waals surface area contributed by atoms with Crippen LogP contribution in [0.2, 0.25) is 0 Å². The lowest BCUT2D eigenvalue weighted by Gasteiger charge is -2.11. The average Bonchev–Trinajstić information content (AvgIpc) is 3.11. The molecule has 1 aromatic heterocycles. The molecule has 1 unspecified atom stereocenters. The molecular formula is C22H26F3NO3S. The van der Waals surface area contributed by atoms with E-state index in [0.717, 1.165) is 36.1 Å². The highest BCUT2D eigenvalue weighted by molar-refractivity contribution is 7.15. The molecular weight excluding hydrogens is 415 g/mol. The van der Waals surface area contributed by atoms with E-state index in [1.54, 1.807) is 19.1 Å².